The molecule has 0 saturated heterocycles. The summed E-state index contributed by atoms with van der Waals surface area (Å²) in [7, 11) is 1.66. The third kappa shape index (κ3) is 3.32. The van der Waals surface area contributed by atoms with Crippen LogP contribution in [-0.4, -0.2) is 7.11 Å². The van der Waals surface area contributed by atoms with Crippen molar-refractivity contribution in [2.24, 2.45) is 0 Å². The summed E-state index contributed by atoms with van der Waals surface area (Å²) in [4.78, 5) is 0. The lowest BCUT2D eigenvalue weighted by Gasteiger charge is -2.17. The molecule has 19 heavy (non-hydrogen) atoms. The second kappa shape index (κ2) is 6.34. The van der Waals surface area contributed by atoms with Gasteiger partial charge in [0, 0.05) is 23.7 Å². The molecule has 2 rings (SSSR count). The predicted molar refractivity (Wildman–Crippen MR) is 74.6 cm³/mol. The van der Waals surface area contributed by atoms with Crippen molar-refractivity contribution in [3.63, 3.8) is 0 Å². The monoisotopic (exact) mass is 259 g/mol. The highest BCUT2D eigenvalue weighted by molar-refractivity contribution is 5.35. The van der Waals surface area contributed by atoms with Crippen molar-refractivity contribution in [3.8, 4) is 5.75 Å². The van der Waals surface area contributed by atoms with Crippen LogP contribution < -0.4 is 10.1 Å². The molecule has 2 nitrogen and oxygen atoms in total. The number of halogens is 1. The fraction of sp³-hybridized carbons (Fsp3) is 0.250. The lowest BCUT2D eigenvalue weighted by atomic mass is 10.1. The summed E-state index contributed by atoms with van der Waals surface area (Å²) in [5.74, 6) is 0.665. The number of hydrogen-bond acceptors (Lipinski definition) is 2. The number of rotatable bonds is 5. The summed E-state index contributed by atoms with van der Waals surface area (Å²) >= 11 is 0. The van der Waals surface area contributed by atoms with Crippen LogP contribution in [0.15, 0.2) is 48.5 Å². The van der Waals surface area contributed by atoms with E-state index in [0.717, 1.165) is 11.3 Å². The molecule has 0 aliphatic rings. The second-order valence-electron chi connectivity index (χ2n) is 4.44. The minimum atomic E-state index is -0.178. The second-order valence-corrected chi connectivity index (χ2v) is 4.44. The minimum absolute atomic E-state index is 0.0933. The molecule has 0 radical (unpaired) electrons. The molecule has 0 aromatic heterocycles. The molecule has 100 valence electrons. The van der Waals surface area contributed by atoms with Crippen molar-refractivity contribution < 1.29 is 9.13 Å². The Morgan fingerprint density at radius 2 is 1.79 bits per heavy atom. The normalized spacial score (nSPS) is 12.2. The molecule has 1 N–H and O–H groups in total. The molecule has 2 aromatic rings. The summed E-state index contributed by atoms with van der Waals surface area (Å²) < 4.78 is 18.9. The number of nitrogens with one attached hydrogen (secondary N) is 1. The Morgan fingerprint density at radius 3 is 2.53 bits per heavy atom. The molecule has 1 atom stereocenters. The zero-order chi connectivity index (χ0) is 13.7. The molecular formula is C16H18FNO. The van der Waals surface area contributed by atoms with E-state index in [2.05, 4.69) is 5.32 Å². The summed E-state index contributed by atoms with van der Waals surface area (Å²) in [6.45, 7) is 2.53. The lowest BCUT2D eigenvalue weighted by Crippen LogP contribution is -2.19. The molecule has 0 amide bonds. The Balaban J connectivity index is 2.05. The first-order valence-electron chi connectivity index (χ1n) is 6.32. The van der Waals surface area contributed by atoms with E-state index in [1.54, 1.807) is 19.2 Å². The van der Waals surface area contributed by atoms with Crippen LogP contribution >= 0.6 is 0 Å². The van der Waals surface area contributed by atoms with Gasteiger partial charge in [0.2, 0.25) is 0 Å². The lowest BCUT2D eigenvalue weighted by molar-refractivity contribution is 0.401. The SMILES string of the molecule is COc1ccccc1[C@@H](C)NCc1ccccc1F. The Labute approximate surface area is 113 Å². The summed E-state index contributed by atoms with van der Waals surface area (Å²) in [5.41, 5.74) is 1.74. The standard InChI is InChI=1S/C16H18FNO/c1-12(14-8-4-6-10-16(14)19-2)18-11-13-7-3-5-9-15(13)17/h3-10,12,18H,11H2,1-2H3/t12-/m1/s1. The minimum Gasteiger partial charge on any atom is -0.496 e. The first kappa shape index (κ1) is 13.6. The highest BCUT2D eigenvalue weighted by atomic mass is 19.1. The maximum Gasteiger partial charge on any atom is 0.127 e. The molecule has 0 saturated carbocycles. The van der Waals surface area contributed by atoms with Crippen LogP contribution in [0.4, 0.5) is 4.39 Å². The molecule has 2 aromatic carbocycles. The van der Waals surface area contributed by atoms with E-state index in [1.807, 2.05) is 37.3 Å². The van der Waals surface area contributed by atoms with Crippen molar-refractivity contribution in [1.82, 2.24) is 5.32 Å². The highest BCUT2D eigenvalue weighted by Crippen LogP contribution is 2.24. The van der Waals surface area contributed by atoms with Crippen LogP contribution in [0.5, 0.6) is 5.75 Å². The fourth-order valence-electron chi connectivity index (χ4n) is 2.04. The van der Waals surface area contributed by atoms with Crippen molar-refractivity contribution in [2.45, 2.75) is 19.5 Å². The van der Waals surface area contributed by atoms with E-state index in [9.17, 15) is 4.39 Å². The van der Waals surface area contributed by atoms with Crippen molar-refractivity contribution >= 4 is 0 Å². The molecule has 0 heterocycles. The van der Waals surface area contributed by atoms with E-state index in [1.165, 1.54) is 6.07 Å². The number of para-hydroxylation sites is 1. The first-order valence-corrected chi connectivity index (χ1v) is 6.32. The Morgan fingerprint density at radius 1 is 1.11 bits per heavy atom. The zero-order valence-electron chi connectivity index (χ0n) is 11.2. The number of methoxy groups -OCH3 is 1. The zero-order valence-corrected chi connectivity index (χ0v) is 11.2. The van der Waals surface area contributed by atoms with Gasteiger partial charge in [-0.3, -0.25) is 0 Å². The van der Waals surface area contributed by atoms with E-state index in [4.69, 9.17) is 4.74 Å². The van der Waals surface area contributed by atoms with Gasteiger partial charge in [0.25, 0.3) is 0 Å². The van der Waals surface area contributed by atoms with E-state index in [-0.39, 0.29) is 11.9 Å². The highest BCUT2D eigenvalue weighted by Gasteiger charge is 2.10. The molecule has 3 heteroatoms. The van der Waals surface area contributed by atoms with Crippen LogP contribution in [0.1, 0.15) is 24.1 Å². The van der Waals surface area contributed by atoms with Gasteiger partial charge in [-0.2, -0.15) is 0 Å². The molecule has 0 aliphatic heterocycles. The Bertz CT molecular complexity index is 542. The molecule has 0 aliphatic carbocycles. The number of ether oxygens (including phenoxy) is 1. The van der Waals surface area contributed by atoms with Gasteiger partial charge in [-0.25, -0.2) is 4.39 Å². The quantitative estimate of drug-likeness (QED) is 0.884. The Hall–Kier alpha value is -1.87. The number of benzene rings is 2. The molecule has 0 unspecified atom stereocenters. The number of hydrogen-bond donors (Lipinski definition) is 1. The largest absolute Gasteiger partial charge is 0.496 e. The third-order valence-electron chi connectivity index (χ3n) is 3.16. The smallest absolute Gasteiger partial charge is 0.127 e. The van der Waals surface area contributed by atoms with E-state index < -0.39 is 0 Å². The average Bonchev–Trinajstić information content (AvgIpc) is 2.46. The van der Waals surface area contributed by atoms with E-state index in [0.29, 0.717) is 12.1 Å². The van der Waals surface area contributed by atoms with Gasteiger partial charge in [0.05, 0.1) is 7.11 Å². The summed E-state index contributed by atoms with van der Waals surface area (Å²) in [6, 6.07) is 14.7. The third-order valence-corrected chi connectivity index (χ3v) is 3.16. The first-order chi connectivity index (χ1) is 9.22. The summed E-state index contributed by atoms with van der Waals surface area (Å²) in [6.07, 6.45) is 0. The molecular weight excluding hydrogens is 241 g/mol. The van der Waals surface area contributed by atoms with Crippen LogP contribution in [0.2, 0.25) is 0 Å². The van der Waals surface area contributed by atoms with Gasteiger partial charge >= 0.3 is 0 Å². The topological polar surface area (TPSA) is 21.3 Å². The maximum atomic E-state index is 13.5. The van der Waals surface area contributed by atoms with Gasteiger partial charge in [-0.05, 0) is 19.1 Å². The van der Waals surface area contributed by atoms with Crippen LogP contribution in [0.3, 0.4) is 0 Å². The fourth-order valence-corrected chi connectivity index (χ4v) is 2.04. The van der Waals surface area contributed by atoms with Gasteiger partial charge in [-0.15, -0.1) is 0 Å². The van der Waals surface area contributed by atoms with Crippen molar-refractivity contribution in [3.05, 3.63) is 65.5 Å². The predicted octanol–water partition coefficient (Wildman–Crippen LogP) is 3.69. The van der Waals surface area contributed by atoms with Gasteiger partial charge < -0.3 is 10.1 Å². The van der Waals surface area contributed by atoms with Crippen LogP contribution in [0.25, 0.3) is 0 Å². The van der Waals surface area contributed by atoms with E-state index >= 15 is 0 Å². The molecule has 0 bridgehead atoms. The molecule has 0 spiro atoms. The van der Waals surface area contributed by atoms with Crippen molar-refractivity contribution in [2.75, 3.05) is 7.11 Å². The van der Waals surface area contributed by atoms with Crippen molar-refractivity contribution in [1.29, 1.82) is 0 Å². The van der Waals surface area contributed by atoms with Crippen LogP contribution in [0, 0.1) is 5.82 Å². The Kier molecular flexibility index (Phi) is 4.53. The van der Waals surface area contributed by atoms with Gasteiger partial charge in [0.15, 0.2) is 0 Å². The van der Waals surface area contributed by atoms with Crippen LogP contribution in [-0.2, 0) is 6.54 Å². The van der Waals surface area contributed by atoms with Gasteiger partial charge in [0.1, 0.15) is 11.6 Å². The molecule has 0 fully saturated rings. The average molecular weight is 259 g/mol. The summed E-state index contributed by atoms with van der Waals surface area (Å²) in [5, 5.41) is 3.31. The van der Waals surface area contributed by atoms with Gasteiger partial charge in [-0.1, -0.05) is 36.4 Å². The maximum absolute atomic E-state index is 13.5.